The predicted octanol–water partition coefficient (Wildman–Crippen LogP) is 1.46. The van der Waals surface area contributed by atoms with Gasteiger partial charge in [0.2, 0.25) is 11.8 Å². The highest BCUT2D eigenvalue weighted by atomic mass is 16.2. The third-order valence-corrected chi connectivity index (χ3v) is 4.04. The second-order valence-corrected chi connectivity index (χ2v) is 5.41. The second kappa shape index (κ2) is 4.37. The number of carbonyl (C=O) groups is 2. The predicted molar refractivity (Wildman–Crippen MR) is 71.2 cm³/mol. The lowest BCUT2D eigenvalue weighted by Crippen LogP contribution is -2.64. The van der Waals surface area contributed by atoms with Crippen LogP contribution >= 0.6 is 0 Å². The van der Waals surface area contributed by atoms with Crippen LogP contribution < -0.4 is 5.32 Å². The molecule has 4 heteroatoms. The Morgan fingerprint density at radius 1 is 1.26 bits per heavy atom. The molecule has 2 fully saturated rings. The average Bonchev–Trinajstić information content (AvgIpc) is 3.18. The second-order valence-electron chi connectivity index (χ2n) is 5.41. The number of nitrogens with one attached hydrogen (secondary N) is 1. The fourth-order valence-electron chi connectivity index (χ4n) is 2.76. The van der Waals surface area contributed by atoms with Crippen molar-refractivity contribution >= 4 is 11.8 Å². The number of benzene rings is 1. The van der Waals surface area contributed by atoms with Crippen LogP contribution in [0.1, 0.15) is 31.7 Å². The summed E-state index contributed by atoms with van der Waals surface area (Å²) in [4.78, 5) is 26.4. The Balaban J connectivity index is 1.87. The molecule has 1 aromatic rings. The summed E-state index contributed by atoms with van der Waals surface area (Å²) in [5.74, 6) is 0.0818. The Bertz CT molecular complexity index is 508. The molecule has 0 unspecified atom stereocenters. The van der Waals surface area contributed by atoms with E-state index in [1.807, 2.05) is 37.3 Å². The number of carbonyl (C=O) groups excluding carboxylic acids is 2. The van der Waals surface area contributed by atoms with Gasteiger partial charge in [-0.25, -0.2) is 0 Å². The quantitative estimate of drug-likeness (QED) is 0.892. The highest BCUT2D eigenvalue weighted by Crippen LogP contribution is 2.40. The fraction of sp³-hybridized carbons (Fsp3) is 0.467. The van der Waals surface area contributed by atoms with Gasteiger partial charge < -0.3 is 10.2 Å². The van der Waals surface area contributed by atoms with Crippen molar-refractivity contribution in [1.82, 2.24) is 10.2 Å². The Hall–Kier alpha value is -1.84. The van der Waals surface area contributed by atoms with Gasteiger partial charge in [-0.1, -0.05) is 37.3 Å². The maximum atomic E-state index is 12.5. The van der Waals surface area contributed by atoms with Crippen LogP contribution in [0.4, 0.5) is 0 Å². The highest BCUT2D eigenvalue weighted by molar-refractivity contribution is 6.01. The van der Waals surface area contributed by atoms with E-state index in [1.54, 1.807) is 4.90 Å². The molecule has 3 rings (SSSR count). The summed E-state index contributed by atoms with van der Waals surface area (Å²) >= 11 is 0. The summed E-state index contributed by atoms with van der Waals surface area (Å²) in [6.07, 6.45) is 2.21. The molecule has 1 aliphatic carbocycles. The largest absolute Gasteiger partial charge is 0.340 e. The zero-order chi connectivity index (χ0) is 13.5. The van der Waals surface area contributed by atoms with E-state index < -0.39 is 5.54 Å². The van der Waals surface area contributed by atoms with Gasteiger partial charge in [-0.2, -0.15) is 0 Å². The lowest BCUT2D eigenvalue weighted by molar-refractivity contribution is -0.151. The van der Waals surface area contributed by atoms with Crippen molar-refractivity contribution in [3.8, 4) is 0 Å². The Morgan fingerprint density at radius 2 is 1.95 bits per heavy atom. The minimum atomic E-state index is -0.572. The van der Waals surface area contributed by atoms with Crippen molar-refractivity contribution in [2.45, 2.75) is 44.3 Å². The zero-order valence-electron chi connectivity index (χ0n) is 11.1. The summed E-state index contributed by atoms with van der Waals surface area (Å²) in [5.41, 5.74) is 0.497. The van der Waals surface area contributed by atoms with Gasteiger partial charge in [0.05, 0.1) is 0 Å². The first-order valence-electron chi connectivity index (χ1n) is 6.83. The molecular weight excluding hydrogens is 240 g/mol. The molecule has 19 heavy (non-hydrogen) atoms. The van der Waals surface area contributed by atoms with E-state index >= 15 is 0 Å². The summed E-state index contributed by atoms with van der Waals surface area (Å²) < 4.78 is 0. The minimum absolute atomic E-state index is 0.00414. The molecule has 1 aromatic carbocycles. The number of amides is 2. The molecule has 1 aliphatic heterocycles. The molecule has 1 atom stereocenters. The zero-order valence-corrected chi connectivity index (χ0v) is 11.1. The van der Waals surface area contributed by atoms with E-state index in [9.17, 15) is 9.59 Å². The summed E-state index contributed by atoms with van der Waals surface area (Å²) in [7, 11) is 0. The Labute approximate surface area is 112 Å². The van der Waals surface area contributed by atoms with Crippen LogP contribution in [0.5, 0.6) is 0 Å². The molecule has 0 radical (unpaired) electrons. The van der Waals surface area contributed by atoms with Crippen molar-refractivity contribution in [2.24, 2.45) is 0 Å². The number of hydrogen-bond acceptors (Lipinski definition) is 2. The number of nitrogens with zero attached hydrogens (tertiary/aromatic N) is 1. The van der Waals surface area contributed by atoms with Crippen LogP contribution in [-0.4, -0.2) is 28.3 Å². The third kappa shape index (κ3) is 2.01. The molecule has 4 nitrogen and oxygen atoms in total. The number of rotatable bonds is 3. The van der Waals surface area contributed by atoms with Crippen LogP contribution in [-0.2, 0) is 16.1 Å². The fourth-order valence-corrected chi connectivity index (χ4v) is 2.76. The van der Waals surface area contributed by atoms with Gasteiger partial charge in [0.25, 0.3) is 0 Å². The summed E-state index contributed by atoms with van der Waals surface area (Å²) in [5, 5.41) is 2.90. The van der Waals surface area contributed by atoms with Crippen LogP contribution in [0, 0.1) is 0 Å². The maximum absolute atomic E-state index is 12.5. The van der Waals surface area contributed by atoms with Gasteiger partial charge in [-0.05, 0) is 24.8 Å². The standard InChI is InChI=1S/C15H18N2O2/c1-2-12-13(18)16-15(8-9-15)14(19)17(12)10-11-6-4-3-5-7-11/h3-7,12H,2,8-10H2,1H3,(H,16,18)/t12-/m0/s1. The molecule has 1 saturated carbocycles. The lowest BCUT2D eigenvalue weighted by atomic mass is 10.0. The molecule has 0 bridgehead atoms. The van der Waals surface area contributed by atoms with Crippen LogP contribution in [0.15, 0.2) is 30.3 Å². The normalized spacial score (nSPS) is 24.5. The van der Waals surface area contributed by atoms with E-state index in [0.29, 0.717) is 13.0 Å². The molecule has 0 aromatic heterocycles. The topological polar surface area (TPSA) is 49.4 Å². The van der Waals surface area contributed by atoms with Crippen molar-refractivity contribution in [2.75, 3.05) is 0 Å². The first kappa shape index (κ1) is 12.2. The SMILES string of the molecule is CC[C@H]1C(=O)NC2(CC2)C(=O)N1Cc1ccccc1. The van der Waals surface area contributed by atoms with Gasteiger partial charge in [0.1, 0.15) is 11.6 Å². The molecular formula is C15H18N2O2. The minimum Gasteiger partial charge on any atom is -0.340 e. The smallest absolute Gasteiger partial charge is 0.249 e. The van der Waals surface area contributed by atoms with Crippen LogP contribution in [0.25, 0.3) is 0 Å². The Kier molecular flexibility index (Phi) is 2.81. The van der Waals surface area contributed by atoms with Gasteiger partial charge in [-0.3, -0.25) is 9.59 Å². The molecule has 2 amide bonds. The monoisotopic (exact) mass is 258 g/mol. The highest BCUT2D eigenvalue weighted by Gasteiger charge is 2.58. The van der Waals surface area contributed by atoms with Crippen LogP contribution in [0.3, 0.4) is 0 Å². The van der Waals surface area contributed by atoms with Gasteiger partial charge in [-0.15, -0.1) is 0 Å². The van der Waals surface area contributed by atoms with E-state index in [4.69, 9.17) is 0 Å². The first-order valence-corrected chi connectivity index (χ1v) is 6.83. The molecule has 100 valence electrons. The lowest BCUT2D eigenvalue weighted by Gasteiger charge is -2.39. The van der Waals surface area contributed by atoms with E-state index in [0.717, 1.165) is 18.4 Å². The Morgan fingerprint density at radius 3 is 2.53 bits per heavy atom. The van der Waals surface area contributed by atoms with E-state index in [2.05, 4.69) is 5.32 Å². The number of hydrogen-bond donors (Lipinski definition) is 1. The molecule has 1 spiro atoms. The van der Waals surface area contributed by atoms with Gasteiger partial charge in [0.15, 0.2) is 0 Å². The number of piperazine rings is 1. The van der Waals surface area contributed by atoms with E-state index in [-0.39, 0.29) is 17.9 Å². The van der Waals surface area contributed by atoms with Crippen LogP contribution in [0.2, 0.25) is 0 Å². The summed E-state index contributed by atoms with van der Waals surface area (Å²) in [6, 6.07) is 9.51. The first-order chi connectivity index (χ1) is 9.16. The van der Waals surface area contributed by atoms with Crippen molar-refractivity contribution in [1.29, 1.82) is 0 Å². The van der Waals surface area contributed by atoms with Crippen molar-refractivity contribution in [3.05, 3.63) is 35.9 Å². The van der Waals surface area contributed by atoms with Crippen molar-refractivity contribution in [3.63, 3.8) is 0 Å². The molecule has 1 N–H and O–H groups in total. The van der Waals surface area contributed by atoms with Crippen molar-refractivity contribution < 1.29 is 9.59 Å². The summed E-state index contributed by atoms with van der Waals surface area (Å²) in [6.45, 7) is 2.47. The molecule has 1 saturated heterocycles. The third-order valence-electron chi connectivity index (χ3n) is 4.04. The van der Waals surface area contributed by atoms with Gasteiger partial charge in [0, 0.05) is 6.54 Å². The molecule has 2 aliphatic rings. The molecule has 1 heterocycles. The maximum Gasteiger partial charge on any atom is 0.249 e. The van der Waals surface area contributed by atoms with E-state index in [1.165, 1.54) is 0 Å². The van der Waals surface area contributed by atoms with Gasteiger partial charge >= 0.3 is 0 Å². The average molecular weight is 258 g/mol.